The third kappa shape index (κ3) is 3.80. The zero-order valence-electron chi connectivity index (χ0n) is 18.1. The molecule has 2 aromatic rings. The first-order valence-electron chi connectivity index (χ1n) is 11.0. The van der Waals surface area contributed by atoms with E-state index in [1.54, 1.807) is 17.0 Å². The maximum atomic E-state index is 13.1. The molecule has 0 N–H and O–H groups in total. The number of benzene rings is 2. The highest BCUT2D eigenvalue weighted by molar-refractivity contribution is 7.89. The van der Waals surface area contributed by atoms with Crippen LogP contribution in [0.4, 0.5) is 5.69 Å². The Morgan fingerprint density at radius 1 is 1.00 bits per heavy atom. The van der Waals surface area contributed by atoms with Gasteiger partial charge in [0.05, 0.1) is 11.4 Å². The molecule has 8 nitrogen and oxygen atoms in total. The number of nitrogens with zero attached hydrogens (tertiary/aromatic N) is 3. The number of rotatable bonds is 4. The van der Waals surface area contributed by atoms with Crippen molar-refractivity contribution in [2.24, 2.45) is 0 Å². The maximum Gasteiger partial charge on any atom is 0.243 e. The van der Waals surface area contributed by atoms with Gasteiger partial charge in [0, 0.05) is 44.0 Å². The Bertz CT molecular complexity index is 1130. The molecular formula is C23H27N3O5S. The molecule has 2 aromatic carbocycles. The summed E-state index contributed by atoms with van der Waals surface area (Å²) in [6.45, 7) is 4.61. The molecule has 0 aliphatic carbocycles. The van der Waals surface area contributed by atoms with Gasteiger partial charge in [0.15, 0.2) is 11.5 Å². The van der Waals surface area contributed by atoms with Crippen LogP contribution in [0.3, 0.4) is 0 Å². The Hall–Kier alpha value is -2.78. The van der Waals surface area contributed by atoms with Gasteiger partial charge < -0.3 is 19.3 Å². The summed E-state index contributed by atoms with van der Waals surface area (Å²) in [6.07, 6.45) is 0.936. The normalized spacial score (nSPS) is 20.8. The Morgan fingerprint density at radius 3 is 2.50 bits per heavy atom. The van der Waals surface area contributed by atoms with E-state index in [0.717, 1.165) is 12.1 Å². The van der Waals surface area contributed by atoms with Crippen LogP contribution in [0.2, 0.25) is 0 Å². The highest BCUT2D eigenvalue weighted by Crippen LogP contribution is 2.34. The van der Waals surface area contributed by atoms with Crippen LogP contribution in [-0.2, 0) is 21.2 Å². The Balaban J connectivity index is 1.23. The summed E-state index contributed by atoms with van der Waals surface area (Å²) >= 11 is 0. The molecule has 170 valence electrons. The summed E-state index contributed by atoms with van der Waals surface area (Å²) in [6, 6.07) is 13.2. The summed E-state index contributed by atoms with van der Waals surface area (Å²) in [5, 5.41) is 0. The number of carbonyl (C=O) groups is 1. The van der Waals surface area contributed by atoms with Crippen LogP contribution < -0.4 is 14.4 Å². The van der Waals surface area contributed by atoms with Gasteiger partial charge in [0.25, 0.3) is 0 Å². The van der Waals surface area contributed by atoms with Gasteiger partial charge in [-0.2, -0.15) is 4.31 Å². The number of ether oxygens (including phenoxy) is 2. The molecule has 9 heteroatoms. The van der Waals surface area contributed by atoms with Crippen molar-refractivity contribution in [2.45, 2.75) is 24.3 Å². The number of fused-ring (bicyclic) bond motifs is 2. The van der Waals surface area contributed by atoms with Crippen molar-refractivity contribution in [3.8, 4) is 11.5 Å². The van der Waals surface area contributed by atoms with Gasteiger partial charge in [0.1, 0.15) is 13.2 Å². The summed E-state index contributed by atoms with van der Waals surface area (Å²) in [5.74, 6) is 1.04. The van der Waals surface area contributed by atoms with Crippen molar-refractivity contribution >= 4 is 21.6 Å². The third-order valence-corrected chi connectivity index (χ3v) is 8.29. The Morgan fingerprint density at radius 2 is 1.72 bits per heavy atom. The average molecular weight is 458 g/mol. The fraction of sp³-hybridized carbons (Fsp3) is 0.435. The lowest BCUT2D eigenvalue weighted by molar-refractivity contribution is -0.130. The van der Waals surface area contributed by atoms with Crippen molar-refractivity contribution in [1.82, 2.24) is 9.21 Å². The molecular weight excluding hydrogens is 430 g/mol. The predicted octanol–water partition coefficient (Wildman–Crippen LogP) is 1.74. The molecule has 0 unspecified atom stereocenters. The van der Waals surface area contributed by atoms with Crippen molar-refractivity contribution in [3.05, 3.63) is 48.0 Å². The van der Waals surface area contributed by atoms with E-state index in [2.05, 4.69) is 24.0 Å². The number of carbonyl (C=O) groups excluding carboxylic acids is 1. The van der Waals surface area contributed by atoms with Crippen molar-refractivity contribution in [1.29, 1.82) is 0 Å². The molecule has 3 heterocycles. The second-order valence-corrected chi connectivity index (χ2v) is 10.3. The quantitative estimate of drug-likeness (QED) is 0.696. The average Bonchev–Trinajstić information content (AvgIpc) is 3.13. The number of hydrogen-bond acceptors (Lipinski definition) is 6. The molecule has 1 fully saturated rings. The molecule has 1 atom stereocenters. The van der Waals surface area contributed by atoms with Gasteiger partial charge in [-0.3, -0.25) is 4.79 Å². The van der Waals surface area contributed by atoms with Crippen LogP contribution in [-0.4, -0.2) is 75.5 Å². The standard InChI is InChI=1S/C23H27N3O5S/c1-17-14-18-4-2-3-5-20(18)26(17)16-23(27)24-8-10-25(11-9-24)32(28,29)19-6-7-21-22(15-19)31-13-12-30-21/h2-7,15,17H,8-14,16H2,1H3/t17-/m0/s1. The Kier molecular flexibility index (Phi) is 5.46. The monoisotopic (exact) mass is 457 g/mol. The fourth-order valence-electron chi connectivity index (χ4n) is 4.63. The molecule has 0 bridgehead atoms. The minimum Gasteiger partial charge on any atom is -0.486 e. The summed E-state index contributed by atoms with van der Waals surface area (Å²) in [4.78, 5) is 17.1. The zero-order chi connectivity index (χ0) is 22.3. The van der Waals surface area contributed by atoms with Gasteiger partial charge in [0.2, 0.25) is 15.9 Å². The van der Waals surface area contributed by atoms with Gasteiger partial charge >= 0.3 is 0 Å². The van der Waals surface area contributed by atoms with E-state index in [1.165, 1.54) is 15.9 Å². The van der Waals surface area contributed by atoms with E-state index in [-0.39, 0.29) is 29.9 Å². The van der Waals surface area contributed by atoms with Crippen LogP contribution in [0.25, 0.3) is 0 Å². The van der Waals surface area contributed by atoms with Crippen molar-refractivity contribution < 1.29 is 22.7 Å². The molecule has 0 radical (unpaired) electrons. The number of sulfonamides is 1. The number of anilines is 1. The molecule has 1 saturated heterocycles. The lowest BCUT2D eigenvalue weighted by Gasteiger charge is -2.35. The van der Waals surface area contributed by atoms with E-state index in [1.807, 2.05) is 12.1 Å². The van der Waals surface area contributed by atoms with Crippen molar-refractivity contribution in [2.75, 3.05) is 50.8 Å². The minimum absolute atomic E-state index is 0.0323. The molecule has 3 aliphatic heterocycles. The topological polar surface area (TPSA) is 79.4 Å². The lowest BCUT2D eigenvalue weighted by atomic mass is 10.1. The second kappa shape index (κ2) is 8.29. The van der Waals surface area contributed by atoms with E-state index in [0.29, 0.717) is 44.3 Å². The number of piperazine rings is 1. The van der Waals surface area contributed by atoms with E-state index in [9.17, 15) is 13.2 Å². The number of para-hydroxylation sites is 1. The smallest absolute Gasteiger partial charge is 0.243 e. The number of amides is 1. The molecule has 3 aliphatic rings. The van der Waals surface area contributed by atoms with Crippen LogP contribution in [0.15, 0.2) is 47.4 Å². The minimum atomic E-state index is -3.67. The van der Waals surface area contributed by atoms with E-state index >= 15 is 0 Å². The maximum absolute atomic E-state index is 13.1. The van der Waals surface area contributed by atoms with Gasteiger partial charge in [-0.1, -0.05) is 18.2 Å². The number of hydrogen-bond donors (Lipinski definition) is 0. The van der Waals surface area contributed by atoms with E-state index < -0.39 is 10.0 Å². The van der Waals surface area contributed by atoms with Crippen LogP contribution in [0, 0.1) is 0 Å². The van der Waals surface area contributed by atoms with Crippen molar-refractivity contribution in [3.63, 3.8) is 0 Å². The van der Waals surface area contributed by atoms with Gasteiger partial charge in [-0.25, -0.2) is 8.42 Å². The molecule has 1 amide bonds. The summed E-state index contributed by atoms with van der Waals surface area (Å²) in [7, 11) is -3.67. The van der Waals surface area contributed by atoms with Crippen LogP contribution in [0.1, 0.15) is 12.5 Å². The zero-order valence-corrected chi connectivity index (χ0v) is 18.9. The largest absolute Gasteiger partial charge is 0.486 e. The molecule has 5 rings (SSSR count). The SMILES string of the molecule is C[C@H]1Cc2ccccc2N1CC(=O)N1CCN(S(=O)(=O)c2ccc3c(c2)OCCO3)CC1. The third-order valence-electron chi connectivity index (χ3n) is 6.40. The van der Waals surface area contributed by atoms with Crippen LogP contribution in [0.5, 0.6) is 11.5 Å². The van der Waals surface area contributed by atoms with E-state index in [4.69, 9.17) is 9.47 Å². The molecule has 0 saturated carbocycles. The summed E-state index contributed by atoms with van der Waals surface area (Å²) < 4.78 is 38.7. The first-order chi connectivity index (χ1) is 15.4. The molecule has 32 heavy (non-hydrogen) atoms. The predicted molar refractivity (Wildman–Crippen MR) is 120 cm³/mol. The summed E-state index contributed by atoms with van der Waals surface area (Å²) in [5.41, 5.74) is 2.39. The lowest BCUT2D eigenvalue weighted by Crippen LogP contribution is -2.53. The van der Waals surface area contributed by atoms with Crippen LogP contribution >= 0.6 is 0 Å². The highest BCUT2D eigenvalue weighted by atomic mass is 32.2. The Labute approximate surface area is 188 Å². The van der Waals surface area contributed by atoms with Gasteiger partial charge in [-0.05, 0) is 37.1 Å². The fourth-order valence-corrected chi connectivity index (χ4v) is 6.07. The highest BCUT2D eigenvalue weighted by Gasteiger charge is 2.33. The molecule has 0 aromatic heterocycles. The first-order valence-corrected chi connectivity index (χ1v) is 12.4. The van der Waals surface area contributed by atoms with Gasteiger partial charge in [-0.15, -0.1) is 0 Å². The first kappa shape index (κ1) is 21.1. The second-order valence-electron chi connectivity index (χ2n) is 8.40. The molecule has 0 spiro atoms.